The second-order valence-electron chi connectivity index (χ2n) is 6.49. The summed E-state index contributed by atoms with van der Waals surface area (Å²) in [7, 11) is 2.85. The maximum atomic E-state index is 14.5. The van der Waals surface area contributed by atoms with Gasteiger partial charge in [-0.05, 0) is 24.0 Å². The first-order chi connectivity index (χ1) is 11.9. The lowest BCUT2D eigenvalue weighted by atomic mass is 9.97. The van der Waals surface area contributed by atoms with E-state index in [2.05, 4.69) is 4.74 Å². The third kappa shape index (κ3) is 2.20. The summed E-state index contributed by atoms with van der Waals surface area (Å²) in [4.78, 5) is 38.4. The minimum absolute atomic E-state index is 0.133. The van der Waals surface area contributed by atoms with Crippen LogP contribution in [-0.2, 0) is 31.9 Å². The Labute approximate surface area is 143 Å². The van der Waals surface area contributed by atoms with Gasteiger partial charge in [0.25, 0.3) is 0 Å². The number of nitrogens with zero attached hydrogens (tertiary/aromatic N) is 2. The monoisotopic (exact) mass is 348 g/mol. The third-order valence-corrected chi connectivity index (χ3v) is 5.23. The van der Waals surface area contributed by atoms with Crippen LogP contribution in [0.3, 0.4) is 0 Å². The summed E-state index contributed by atoms with van der Waals surface area (Å²) in [6, 6.07) is 1.01. The van der Waals surface area contributed by atoms with E-state index in [-0.39, 0.29) is 30.8 Å². The van der Waals surface area contributed by atoms with Crippen molar-refractivity contribution >= 4 is 29.3 Å². The van der Waals surface area contributed by atoms with Gasteiger partial charge in [0.05, 0.1) is 30.9 Å². The van der Waals surface area contributed by atoms with Crippen LogP contribution in [0, 0.1) is 5.82 Å². The van der Waals surface area contributed by atoms with Crippen LogP contribution in [0.15, 0.2) is 6.07 Å². The lowest BCUT2D eigenvalue weighted by Gasteiger charge is -2.16. The van der Waals surface area contributed by atoms with Crippen LogP contribution in [0.1, 0.15) is 24.0 Å². The molecule has 8 heteroatoms. The van der Waals surface area contributed by atoms with Crippen molar-refractivity contribution in [1.82, 2.24) is 0 Å². The number of rotatable bonds is 3. The van der Waals surface area contributed by atoms with E-state index in [1.807, 2.05) is 0 Å². The molecule has 0 spiro atoms. The molecule has 4 rings (SSSR count). The highest BCUT2D eigenvalue weighted by Gasteiger charge is 2.49. The Hall–Kier alpha value is -2.64. The SMILES string of the molecule is COC(=O)CC[C@@H]1OC(=O)N2c3cc(F)c4c(c3C[C@@H]12)CC(=O)N4C. The van der Waals surface area contributed by atoms with Gasteiger partial charge in [0.15, 0.2) is 0 Å². The van der Waals surface area contributed by atoms with Gasteiger partial charge in [0.2, 0.25) is 5.91 Å². The molecule has 0 N–H and O–H groups in total. The Bertz CT molecular complexity index is 809. The van der Waals surface area contributed by atoms with Gasteiger partial charge in [0, 0.05) is 19.5 Å². The molecule has 3 aliphatic rings. The van der Waals surface area contributed by atoms with Gasteiger partial charge in [-0.2, -0.15) is 0 Å². The molecule has 3 heterocycles. The van der Waals surface area contributed by atoms with Crippen LogP contribution in [0.5, 0.6) is 0 Å². The van der Waals surface area contributed by atoms with Crippen molar-refractivity contribution in [3.63, 3.8) is 0 Å². The highest BCUT2D eigenvalue weighted by molar-refractivity contribution is 6.04. The van der Waals surface area contributed by atoms with Gasteiger partial charge in [0.1, 0.15) is 11.9 Å². The number of benzene rings is 1. The van der Waals surface area contributed by atoms with Crippen molar-refractivity contribution < 1.29 is 28.2 Å². The zero-order chi connectivity index (χ0) is 17.9. The van der Waals surface area contributed by atoms with E-state index < -0.39 is 18.0 Å². The fraction of sp³-hybridized carbons (Fsp3) is 0.471. The minimum Gasteiger partial charge on any atom is -0.469 e. The van der Waals surface area contributed by atoms with E-state index in [1.54, 1.807) is 7.05 Å². The van der Waals surface area contributed by atoms with E-state index in [4.69, 9.17) is 4.74 Å². The Kier molecular flexibility index (Phi) is 3.45. The number of methoxy groups -OCH3 is 1. The fourth-order valence-electron chi connectivity index (χ4n) is 4.00. The van der Waals surface area contributed by atoms with Gasteiger partial charge in [-0.15, -0.1) is 0 Å². The van der Waals surface area contributed by atoms with Crippen molar-refractivity contribution in [2.45, 2.75) is 37.8 Å². The van der Waals surface area contributed by atoms with Crippen molar-refractivity contribution in [3.05, 3.63) is 23.0 Å². The zero-order valence-corrected chi connectivity index (χ0v) is 13.9. The molecule has 1 saturated heterocycles. The summed E-state index contributed by atoms with van der Waals surface area (Å²) in [5, 5.41) is 0. The fourth-order valence-corrected chi connectivity index (χ4v) is 4.00. The third-order valence-electron chi connectivity index (χ3n) is 5.23. The van der Waals surface area contributed by atoms with Crippen molar-refractivity contribution in [3.8, 4) is 0 Å². The van der Waals surface area contributed by atoms with Gasteiger partial charge in [-0.1, -0.05) is 0 Å². The number of esters is 1. The van der Waals surface area contributed by atoms with Crippen molar-refractivity contribution in [2.75, 3.05) is 24.0 Å². The molecular weight excluding hydrogens is 331 g/mol. The summed E-state index contributed by atoms with van der Waals surface area (Å²) in [5.74, 6) is -1.06. The molecule has 0 aromatic heterocycles. The lowest BCUT2D eigenvalue weighted by molar-refractivity contribution is -0.141. The van der Waals surface area contributed by atoms with Gasteiger partial charge >= 0.3 is 12.1 Å². The average Bonchev–Trinajstić information content (AvgIpc) is 3.19. The predicted octanol–water partition coefficient (Wildman–Crippen LogP) is 1.55. The summed E-state index contributed by atoms with van der Waals surface area (Å²) >= 11 is 0. The lowest BCUT2D eigenvalue weighted by Crippen LogP contribution is -2.33. The molecule has 132 valence electrons. The number of ether oxygens (including phenoxy) is 2. The second-order valence-corrected chi connectivity index (χ2v) is 6.49. The molecule has 2 atom stereocenters. The number of likely N-dealkylation sites (N-methyl/N-ethyl adjacent to an activating group) is 1. The van der Waals surface area contributed by atoms with E-state index in [1.165, 1.54) is 23.0 Å². The highest BCUT2D eigenvalue weighted by atomic mass is 19.1. The molecule has 1 aromatic carbocycles. The number of carbonyl (C=O) groups excluding carboxylic acids is 3. The summed E-state index contributed by atoms with van der Waals surface area (Å²) < 4.78 is 24.5. The number of hydrogen-bond acceptors (Lipinski definition) is 5. The van der Waals surface area contributed by atoms with Crippen LogP contribution < -0.4 is 9.80 Å². The van der Waals surface area contributed by atoms with Crippen LogP contribution in [0.4, 0.5) is 20.6 Å². The van der Waals surface area contributed by atoms with E-state index >= 15 is 0 Å². The standard InChI is InChI=1S/C17H17FN2O5/c1-19-14(21)6-9-8-5-12-13(3-4-15(22)24-2)25-17(23)20(12)11(8)7-10(18)16(9)19/h7,12-13H,3-6H2,1-2H3/t12-,13-/m0/s1. The number of amides is 2. The van der Waals surface area contributed by atoms with Crippen LogP contribution in [0.2, 0.25) is 0 Å². The molecule has 7 nitrogen and oxygen atoms in total. The Morgan fingerprint density at radius 2 is 2.16 bits per heavy atom. The van der Waals surface area contributed by atoms with E-state index in [9.17, 15) is 18.8 Å². The van der Waals surface area contributed by atoms with Crippen molar-refractivity contribution in [1.29, 1.82) is 0 Å². The van der Waals surface area contributed by atoms with Gasteiger partial charge < -0.3 is 14.4 Å². The molecule has 1 aromatic rings. The first kappa shape index (κ1) is 15.9. The Morgan fingerprint density at radius 3 is 2.88 bits per heavy atom. The first-order valence-electron chi connectivity index (χ1n) is 8.09. The first-order valence-corrected chi connectivity index (χ1v) is 8.09. The molecule has 2 amide bonds. The number of carbonyl (C=O) groups is 3. The zero-order valence-electron chi connectivity index (χ0n) is 13.9. The smallest absolute Gasteiger partial charge is 0.415 e. The molecule has 0 saturated carbocycles. The topological polar surface area (TPSA) is 76.1 Å². The summed E-state index contributed by atoms with van der Waals surface area (Å²) in [6.07, 6.45) is 0.0912. The largest absolute Gasteiger partial charge is 0.469 e. The maximum absolute atomic E-state index is 14.5. The molecule has 0 unspecified atom stereocenters. The molecule has 0 radical (unpaired) electrons. The average molecular weight is 348 g/mol. The molecule has 0 bridgehead atoms. The maximum Gasteiger partial charge on any atom is 0.415 e. The molecular formula is C17H17FN2O5. The quantitative estimate of drug-likeness (QED) is 0.775. The summed E-state index contributed by atoms with van der Waals surface area (Å²) in [5.41, 5.74) is 2.23. The molecule has 0 aliphatic carbocycles. The molecule has 3 aliphatic heterocycles. The highest BCUT2D eigenvalue weighted by Crippen LogP contribution is 2.46. The van der Waals surface area contributed by atoms with E-state index in [0.717, 1.165) is 5.56 Å². The predicted molar refractivity (Wildman–Crippen MR) is 85.0 cm³/mol. The number of halogens is 1. The van der Waals surface area contributed by atoms with Crippen LogP contribution >= 0.6 is 0 Å². The second kappa shape index (κ2) is 5.44. The normalized spacial score (nSPS) is 23.5. The number of hydrogen-bond donors (Lipinski definition) is 0. The Balaban J connectivity index is 1.68. The minimum atomic E-state index is -0.546. The number of cyclic esters (lactones) is 1. The van der Waals surface area contributed by atoms with Crippen molar-refractivity contribution in [2.24, 2.45) is 0 Å². The van der Waals surface area contributed by atoms with Crippen LogP contribution in [-0.4, -0.2) is 44.3 Å². The van der Waals surface area contributed by atoms with Gasteiger partial charge in [-0.25, -0.2) is 9.18 Å². The van der Waals surface area contributed by atoms with E-state index in [0.29, 0.717) is 29.8 Å². The summed E-state index contributed by atoms with van der Waals surface area (Å²) in [6.45, 7) is 0. The molecule has 1 fully saturated rings. The Morgan fingerprint density at radius 1 is 1.40 bits per heavy atom. The molecule has 25 heavy (non-hydrogen) atoms. The van der Waals surface area contributed by atoms with Crippen LogP contribution in [0.25, 0.3) is 0 Å². The number of fused-ring (bicyclic) bond motifs is 5. The number of anilines is 2. The van der Waals surface area contributed by atoms with Gasteiger partial charge in [-0.3, -0.25) is 14.5 Å².